The molecule has 0 bridgehead atoms. The first-order valence-corrected chi connectivity index (χ1v) is 10.8. The Morgan fingerprint density at radius 1 is 1.23 bits per heavy atom. The van der Waals surface area contributed by atoms with Gasteiger partial charge in [-0.3, -0.25) is 9.78 Å². The molecule has 1 unspecified atom stereocenters. The van der Waals surface area contributed by atoms with E-state index in [1.807, 2.05) is 42.6 Å². The molecule has 30 heavy (non-hydrogen) atoms. The molecule has 3 aromatic rings. The molecule has 1 fully saturated rings. The molecule has 0 aliphatic carbocycles. The highest BCUT2D eigenvalue weighted by atomic mass is 32.1. The highest BCUT2D eigenvalue weighted by Gasteiger charge is 2.13. The summed E-state index contributed by atoms with van der Waals surface area (Å²) in [5.41, 5.74) is 4.02. The summed E-state index contributed by atoms with van der Waals surface area (Å²) in [4.78, 5) is 23.4. The van der Waals surface area contributed by atoms with E-state index >= 15 is 0 Å². The van der Waals surface area contributed by atoms with Gasteiger partial charge < -0.3 is 15.0 Å². The van der Waals surface area contributed by atoms with Crippen LogP contribution in [0.15, 0.2) is 60.2 Å². The topological polar surface area (TPSA) is 67.4 Å². The Morgan fingerprint density at radius 2 is 2.03 bits per heavy atom. The molecule has 4 rings (SSSR count). The Labute approximate surface area is 180 Å². The van der Waals surface area contributed by atoms with Gasteiger partial charge in [-0.1, -0.05) is 12.1 Å². The number of amides is 1. The normalized spacial score (nSPS) is 15.3. The van der Waals surface area contributed by atoms with E-state index in [1.165, 1.54) is 17.0 Å². The van der Waals surface area contributed by atoms with Gasteiger partial charge in [-0.15, -0.1) is 11.3 Å². The molecule has 0 radical (unpaired) electrons. The first-order chi connectivity index (χ1) is 14.7. The highest BCUT2D eigenvalue weighted by molar-refractivity contribution is 7.10. The zero-order chi connectivity index (χ0) is 20.8. The number of morpholine rings is 1. The van der Waals surface area contributed by atoms with E-state index in [9.17, 15) is 4.79 Å². The molecule has 1 atom stereocenters. The molecule has 1 aliphatic heterocycles. The van der Waals surface area contributed by atoms with Gasteiger partial charge in [0.1, 0.15) is 5.01 Å². The fraction of sp³-hybridized carbons (Fsp3) is 0.261. The van der Waals surface area contributed by atoms with Crippen molar-refractivity contribution in [1.82, 2.24) is 15.3 Å². The van der Waals surface area contributed by atoms with E-state index in [4.69, 9.17) is 4.74 Å². The molecule has 6 nitrogen and oxygen atoms in total. The molecule has 154 valence electrons. The predicted molar refractivity (Wildman–Crippen MR) is 120 cm³/mol. The summed E-state index contributed by atoms with van der Waals surface area (Å²) in [5.74, 6) is -0.141. The Morgan fingerprint density at radius 3 is 2.77 bits per heavy atom. The maximum absolute atomic E-state index is 12.3. The number of hydrogen-bond donors (Lipinski definition) is 1. The van der Waals surface area contributed by atoms with Gasteiger partial charge in [-0.2, -0.15) is 0 Å². The minimum Gasteiger partial charge on any atom is -0.378 e. The monoisotopic (exact) mass is 420 g/mol. The Hall–Kier alpha value is -3.03. The molecule has 1 aliphatic rings. The van der Waals surface area contributed by atoms with Crippen LogP contribution in [0.25, 0.3) is 17.3 Å². The summed E-state index contributed by atoms with van der Waals surface area (Å²) >= 11 is 1.53. The van der Waals surface area contributed by atoms with Crippen molar-refractivity contribution >= 4 is 29.0 Å². The molecule has 2 aromatic heterocycles. The smallest absolute Gasteiger partial charge is 0.244 e. The molecule has 1 aromatic carbocycles. The SMILES string of the molecule is CC(NC(=O)C=Cc1ccc(N2CCOCC2)cc1)c1nc(-c2cccnc2)cs1. The minimum atomic E-state index is -0.165. The second-order valence-corrected chi connectivity index (χ2v) is 7.96. The third-order valence-corrected chi connectivity index (χ3v) is 5.93. The van der Waals surface area contributed by atoms with Crippen LogP contribution in [-0.4, -0.2) is 42.2 Å². The molecule has 3 heterocycles. The number of anilines is 1. The van der Waals surface area contributed by atoms with Gasteiger partial charge in [-0.25, -0.2) is 4.98 Å². The summed E-state index contributed by atoms with van der Waals surface area (Å²) in [6, 6.07) is 11.9. The highest BCUT2D eigenvalue weighted by Crippen LogP contribution is 2.25. The van der Waals surface area contributed by atoms with Crippen molar-refractivity contribution in [2.24, 2.45) is 0 Å². The summed E-state index contributed by atoms with van der Waals surface area (Å²) in [6.45, 7) is 5.30. The van der Waals surface area contributed by atoms with Crippen molar-refractivity contribution in [2.75, 3.05) is 31.2 Å². The summed E-state index contributed by atoms with van der Waals surface area (Å²) < 4.78 is 5.39. The van der Waals surface area contributed by atoms with E-state index in [0.29, 0.717) is 0 Å². The largest absolute Gasteiger partial charge is 0.378 e. The number of nitrogens with one attached hydrogen (secondary N) is 1. The second-order valence-electron chi connectivity index (χ2n) is 7.07. The van der Waals surface area contributed by atoms with Crippen LogP contribution < -0.4 is 10.2 Å². The average Bonchev–Trinajstić information content (AvgIpc) is 3.30. The van der Waals surface area contributed by atoms with Crippen molar-refractivity contribution in [3.63, 3.8) is 0 Å². The van der Waals surface area contributed by atoms with Crippen molar-refractivity contribution in [2.45, 2.75) is 13.0 Å². The molecule has 7 heteroatoms. The maximum atomic E-state index is 12.3. The third kappa shape index (κ3) is 5.11. The van der Waals surface area contributed by atoms with Gasteiger partial charge in [0, 0.05) is 48.2 Å². The van der Waals surface area contributed by atoms with Crippen LogP contribution in [0.4, 0.5) is 5.69 Å². The fourth-order valence-corrected chi connectivity index (χ4v) is 4.08. The number of ether oxygens (including phenoxy) is 1. The predicted octanol–water partition coefficient (Wildman–Crippen LogP) is 3.93. The van der Waals surface area contributed by atoms with Crippen LogP contribution in [0, 0.1) is 0 Å². The lowest BCUT2D eigenvalue weighted by Gasteiger charge is -2.28. The van der Waals surface area contributed by atoms with Crippen LogP contribution in [0.2, 0.25) is 0 Å². The van der Waals surface area contributed by atoms with E-state index < -0.39 is 0 Å². The number of rotatable bonds is 6. The summed E-state index contributed by atoms with van der Waals surface area (Å²) in [7, 11) is 0. The zero-order valence-electron chi connectivity index (χ0n) is 16.8. The van der Waals surface area contributed by atoms with E-state index in [-0.39, 0.29) is 11.9 Å². The number of aromatic nitrogens is 2. The maximum Gasteiger partial charge on any atom is 0.244 e. The summed E-state index contributed by atoms with van der Waals surface area (Å²) in [5, 5.41) is 5.83. The number of thiazole rings is 1. The van der Waals surface area contributed by atoms with Crippen molar-refractivity contribution < 1.29 is 9.53 Å². The molecule has 0 saturated carbocycles. The van der Waals surface area contributed by atoms with Gasteiger partial charge in [-0.05, 0) is 42.8 Å². The average molecular weight is 421 g/mol. The molecule has 0 spiro atoms. The molecule has 1 saturated heterocycles. The lowest BCUT2D eigenvalue weighted by molar-refractivity contribution is -0.117. The van der Waals surface area contributed by atoms with E-state index in [1.54, 1.807) is 18.5 Å². The van der Waals surface area contributed by atoms with Crippen LogP contribution in [-0.2, 0) is 9.53 Å². The number of benzene rings is 1. The minimum absolute atomic E-state index is 0.141. The number of carbonyl (C=O) groups is 1. The molecular weight excluding hydrogens is 396 g/mol. The van der Waals surface area contributed by atoms with Gasteiger partial charge in [0.25, 0.3) is 0 Å². The number of carbonyl (C=O) groups excluding carboxylic acids is 1. The van der Waals surface area contributed by atoms with Crippen molar-refractivity contribution in [1.29, 1.82) is 0 Å². The van der Waals surface area contributed by atoms with Gasteiger partial charge in [0.05, 0.1) is 24.9 Å². The first kappa shape index (κ1) is 20.3. The Kier molecular flexibility index (Phi) is 6.51. The first-order valence-electron chi connectivity index (χ1n) is 9.96. The van der Waals surface area contributed by atoms with Gasteiger partial charge >= 0.3 is 0 Å². The standard InChI is InChI=1S/C23H24N4O2S/c1-17(23-26-21(16-30-23)19-3-2-10-24-15-19)25-22(28)9-6-18-4-7-20(8-5-18)27-11-13-29-14-12-27/h2-10,15-17H,11-14H2,1H3,(H,25,28). The summed E-state index contributed by atoms with van der Waals surface area (Å²) in [6.07, 6.45) is 6.92. The van der Waals surface area contributed by atoms with Crippen molar-refractivity contribution in [3.8, 4) is 11.3 Å². The fourth-order valence-electron chi connectivity index (χ4n) is 3.25. The molecule has 1 amide bonds. The van der Waals surface area contributed by atoms with E-state index in [0.717, 1.165) is 48.1 Å². The number of nitrogens with zero attached hydrogens (tertiary/aromatic N) is 3. The van der Waals surface area contributed by atoms with Crippen LogP contribution >= 0.6 is 11.3 Å². The third-order valence-electron chi connectivity index (χ3n) is 4.90. The van der Waals surface area contributed by atoms with E-state index in [2.05, 4.69) is 32.3 Å². The quantitative estimate of drug-likeness (QED) is 0.612. The van der Waals surface area contributed by atoms with Crippen molar-refractivity contribution in [3.05, 3.63) is 70.8 Å². The zero-order valence-corrected chi connectivity index (χ0v) is 17.6. The lowest BCUT2D eigenvalue weighted by atomic mass is 10.1. The molecule has 1 N–H and O–H groups in total. The number of hydrogen-bond acceptors (Lipinski definition) is 6. The second kappa shape index (κ2) is 9.65. The van der Waals surface area contributed by atoms with Gasteiger partial charge in [0.15, 0.2) is 0 Å². The van der Waals surface area contributed by atoms with Gasteiger partial charge in [0.2, 0.25) is 5.91 Å². The number of pyridine rings is 1. The lowest BCUT2D eigenvalue weighted by Crippen LogP contribution is -2.36. The van der Waals surface area contributed by atoms with Crippen LogP contribution in [0.3, 0.4) is 0 Å². The Bertz CT molecular complexity index is 996. The molecular formula is C23H24N4O2S. The Balaban J connectivity index is 1.32. The van der Waals surface area contributed by atoms with Crippen LogP contribution in [0.1, 0.15) is 23.5 Å². The van der Waals surface area contributed by atoms with Crippen LogP contribution in [0.5, 0.6) is 0 Å².